The quantitative estimate of drug-likeness (QED) is 0.0276. The number of carbonyl (C=O) groups excluding carboxylic acids is 1. The number of rotatable bonds is 24. The molecule has 3 aliphatic heterocycles. The summed E-state index contributed by atoms with van der Waals surface area (Å²) in [5.74, 6) is -1.00. The Morgan fingerprint density at radius 3 is 2.24 bits per heavy atom. The number of methoxy groups -OCH3 is 1. The molecule has 1 aromatic carbocycles. The first-order chi connectivity index (χ1) is 29.1. The van der Waals surface area contributed by atoms with Gasteiger partial charge in [0.05, 0.1) is 19.3 Å². The number of unbranched alkanes of at least 4 members (excludes halogenated alkanes) is 1. The summed E-state index contributed by atoms with van der Waals surface area (Å²) in [5.41, 5.74) is 0.856. The van der Waals surface area contributed by atoms with Gasteiger partial charge in [0.15, 0.2) is 24.8 Å². The number of aliphatic carboxylic acids is 1. The molecule has 15 atom stereocenters. The number of amides is 1. The van der Waals surface area contributed by atoms with E-state index in [-0.39, 0.29) is 5.91 Å². The van der Waals surface area contributed by atoms with Crippen LogP contribution in [0.3, 0.4) is 0 Å². The lowest BCUT2D eigenvalue weighted by Gasteiger charge is -2.47. The van der Waals surface area contributed by atoms with E-state index >= 15 is 0 Å². The van der Waals surface area contributed by atoms with E-state index in [2.05, 4.69) is 14.8 Å². The molecule has 3 saturated heterocycles. The Bertz CT molecular complexity index is 1810. The second-order valence-corrected chi connectivity index (χ2v) is 19.4. The average molecular weight is 972 g/mol. The maximum Gasteiger partial charge on any atom is 0.397 e. The van der Waals surface area contributed by atoms with Crippen molar-refractivity contribution < 1.29 is 104 Å². The number of carboxylic acid groups (broad SMARTS) is 1. The molecule has 0 bridgehead atoms. The van der Waals surface area contributed by atoms with Crippen LogP contribution in [0.2, 0.25) is 0 Å². The van der Waals surface area contributed by atoms with E-state index in [1.54, 1.807) is 29.0 Å². The summed E-state index contributed by atoms with van der Waals surface area (Å²) < 4.78 is 98.4. The number of aliphatic hydroxyl groups is 7. The molecule has 0 aliphatic carbocycles. The Hall–Kier alpha value is -2.08. The molecule has 3 fully saturated rings. The highest BCUT2D eigenvalue weighted by molar-refractivity contribution is 8.77. The predicted octanol–water partition coefficient (Wildman–Crippen LogP) is -3.19. The molecular weight excluding hydrogens is 919 g/mol. The fraction of sp³-hybridized carbons (Fsp3) is 0.758. The lowest BCUT2D eigenvalue weighted by atomic mass is 9.95. The molecule has 25 nitrogen and oxygen atoms in total. The zero-order chi connectivity index (χ0) is 45.9. The van der Waals surface area contributed by atoms with E-state index < -0.39 is 132 Å². The summed E-state index contributed by atoms with van der Waals surface area (Å²) in [4.78, 5) is 24.8. The Kier molecular flexibility index (Phi) is 20.3. The summed E-state index contributed by atoms with van der Waals surface area (Å²) in [6.45, 7) is -2.46. The second kappa shape index (κ2) is 23.9. The number of carbonyl (C=O) groups is 2. The van der Waals surface area contributed by atoms with Crippen LogP contribution in [0, 0.1) is 0 Å². The number of ether oxygens (including phenoxy) is 5. The van der Waals surface area contributed by atoms with Crippen molar-refractivity contribution in [3.8, 4) is 0 Å². The zero-order valence-corrected chi connectivity index (χ0v) is 36.1. The molecule has 4 rings (SSSR count). The van der Waals surface area contributed by atoms with Gasteiger partial charge in [-0.15, -0.1) is 0 Å². The van der Waals surface area contributed by atoms with E-state index in [0.29, 0.717) is 23.0 Å². The Morgan fingerprint density at radius 1 is 0.935 bits per heavy atom. The molecule has 1 amide bonds. The van der Waals surface area contributed by atoms with Crippen molar-refractivity contribution in [3.63, 3.8) is 0 Å². The largest absolute Gasteiger partial charge is 0.479 e. The van der Waals surface area contributed by atoms with Crippen LogP contribution in [0.25, 0.3) is 0 Å². The van der Waals surface area contributed by atoms with Crippen LogP contribution in [-0.4, -0.2) is 202 Å². The van der Waals surface area contributed by atoms with Crippen LogP contribution in [0.5, 0.6) is 0 Å². The standard InChI is InChI=1S/C33H53N3O22S4/c1-53-27-20(13-37)55-32(22(25(27)43)36-61(47,48)49)56-28-26(44)29(58-62(50,51)52)33(57-30(28)31(45)46)54-14-19(39)24(42)23(41)18(38)12-34-15-5-4-6-16(11-15)35-21(40)8-3-2-7-17-9-10-59-60-17/h4-6,11,17-20,22-30,32-34,36-39,41-44H,2-3,7-10,12-14H2,1H3,(H,35,40)(H,45,46)(H,47,48,49)(H,50,51,52)/t17?,18-,19+,20+,22+,23+,24+,25+,26-,27+,28-,29+,30+,32+,33+/m0/s1. The fourth-order valence-electron chi connectivity index (χ4n) is 6.72. The summed E-state index contributed by atoms with van der Waals surface area (Å²) >= 11 is 0. The number of benzene rings is 1. The van der Waals surface area contributed by atoms with Crippen molar-refractivity contribution in [3.05, 3.63) is 24.3 Å². The van der Waals surface area contributed by atoms with Crippen LogP contribution < -0.4 is 15.4 Å². The SMILES string of the molecule is CO[C@H]1[C@H](O)[C@@H](NS(=O)(=O)O)[C@@H](O[C@H]2[C@H](O)[C@@H](OS(=O)(=O)O)[C@H](OC[C@@H](O)[C@@H](O)[C@H](O)[C@@H](O)CNc3cccc(NC(=O)CCCCC4CCSS4)c3)O[C@H]2C(=O)O)O[C@@H]1CO. The average Bonchev–Trinajstić information content (AvgIpc) is 3.73. The minimum atomic E-state index is -5.56. The molecule has 62 heavy (non-hydrogen) atoms. The highest BCUT2D eigenvalue weighted by atomic mass is 33.1. The first kappa shape index (κ1) is 52.5. The highest BCUT2D eigenvalue weighted by Gasteiger charge is 2.55. The lowest BCUT2D eigenvalue weighted by molar-refractivity contribution is -0.340. The molecule has 1 unspecified atom stereocenters. The van der Waals surface area contributed by atoms with Gasteiger partial charge in [-0.2, -0.15) is 21.6 Å². The third-order valence-electron chi connectivity index (χ3n) is 9.84. The number of hydrogen-bond donors (Lipinski definition) is 13. The van der Waals surface area contributed by atoms with Crippen molar-refractivity contribution in [2.75, 3.05) is 43.3 Å². The molecule has 0 spiro atoms. The van der Waals surface area contributed by atoms with Gasteiger partial charge in [-0.25, -0.2) is 8.98 Å². The van der Waals surface area contributed by atoms with E-state index in [1.807, 2.05) is 21.6 Å². The zero-order valence-electron chi connectivity index (χ0n) is 32.8. The van der Waals surface area contributed by atoms with E-state index in [4.69, 9.17) is 23.7 Å². The predicted molar refractivity (Wildman–Crippen MR) is 215 cm³/mol. The third kappa shape index (κ3) is 15.5. The molecule has 0 saturated carbocycles. The van der Waals surface area contributed by atoms with Gasteiger partial charge in [-0.3, -0.25) is 13.9 Å². The van der Waals surface area contributed by atoms with Gasteiger partial charge in [0.1, 0.15) is 54.9 Å². The fourth-order valence-corrected chi connectivity index (χ4v) is 10.8. The second-order valence-electron chi connectivity index (χ2n) is 14.4. The van der Waals surface area contributed by atoms with E-state index in [9.17, 15) is 76.4 Å². The number of nitrogens with one attached hydrogen (secondary N) is 3. The molecule has 0 aromatic heterocycles. The number of hydrogen-bond acceptors (Lipinski definition) is 22. The molecule has 3 aliphatic rings. The van der Waals surface area contributed by atoms with Crippen LogP contribution in [-0.2, 0) is 58.2 Å². The van der Waals surface area contributed by atoms with Gasteiger partial charge in [0.2, 0.25) is 5.91 Å². The summed E-state index contributed by atoms with van der Waals surface area (Å²) in [6, 6.07) is 4.37. The van der Waals surface area contributed by atoms with Gasteiger partial charge in [0.25, 0.3) is 0 Å². The van der Waals surface area contributed by atoms with Crippen molar-refractivity contribution >= 4 is 65.5 Å². The van der Waals surface area contributed by atoms with E-state index in [1.165, 1.54) is 6.42 Å². The number of carboxylic acids is 1. The van der Waals surface area contributed by atoms with Crippen molar-refractivity contribution in [2.45, 2.75) is 123 Å². The van der Waals surface area contributed by atoms with Gasteiger partial charge in [-0.1, -0.05) is 34.1 Å². The molecule has 1 aromatic rings. The van der Waals surface area contributed by atoms with Crippen LogP contribution in [0.4, 0.5) is 11.4 Å². The Labute approximate surface area is 364 Å². The summed E-state index contributed by atoms with van der Waals surface area (Å²) in [6.07, 6.45) is -23.3. The molecule has 29 heteroatoms. The first-order valence-electron chi connectivity index (χ1n) is 19.0. The monoisotopic (exact) mass is 971 g/mol. The number of aliphatic hydroxyl groups excluding tert-OH is 7. The number of anilines is 2. The van der Waals surface area contributed by atoms with Crippen LogP contribution in [0.1, 0.15) is 32.1 Å². The minimum Gasteiger partial charge on any atom is -0.479 e. The molecule has 356 valence electrons. The van der Waals surface area contributed by atoms with Crippen LogP contribution in [0.15, 0.2) is 24.3 Å². The Balaban J connectivity index is 1.36. The maximum absolute atomic E-state index is 12.5. The molecule has 13 N–H and O–H groups in total. The molecular formula is C33H53N3O22S4. The smallest absolute Gasteiger partial charge is 0.397 e. The summed E-state index contributed by atoms with van der Waals surface area (Å²) in [5, 5.41) is 90.5. The Morgan fingerprint density at radius 2 is 1.63 bits per heavy atom. The first-order valence-corrected chi connectivity index (χ1v) is 24.2. The lowest BCUT2D eigenvalue weighted by Crippen LogP contribution is -2.68. The van der Waals surface area contributed by atoms with Gasteiger partial charge < -0.3 is 75.2 Å². The van der Waals surface area contributed by atoms with Crippen molar-refractivity contribution in [2.24, 2.45) is 0 Å². The van der Waals surface area contributed by atoms with Crippen molar-refractivity contribution in [1.82, 2.24) is 4.72 Å². The van der Waals surface area contributed by atoms with Gasteiger partial charge in [0, 0.05) is 42.5 Å². The summed E-state index contributed by atoms with van der Waals surface area (Å²) in [7, 11) is -5.96. The van der Waals surface area contributed by atoms with E-state index in [0.717, 1.165) is 32.1 Å². The minimum absolute atomic E-state index is 0.182. The van der Waals surface area contributed by atoms with Gasteiger partial charge in [-0.05, 0) is 37.5 Å². The van der Waals surface area contributed by atoms with Crippen LogP contribution >= 0.6 is 21.6 Å². The molecule has 0 radical (unpaired) electrons. The normalized spacial score (nSPS) is 31.5. The third-order valence-corrected chi connectivity index (χ3v) is 13.9. The topological polar surface area (TPSA) is 396 Å². The van der Waals surface area contributed by atoms with Gasteiger partial charge >= 0.3 is 26.7 Å². The van der Waals surface area contributed by atoms with Crippen molar-refractivity contribution in [1.29, 1.82) is 0 Å². The molecule has 3 heterocycles. The highest BCUT2D eigenvalue weighted by Crippen LogP contribution is 2.40. The maximum atomic E-state index is 12.5.